The molecule has 0 atom stereocenters. The third-order valence-corrected chi connectivity index (χ3v) is 2.58. The van der Waals surface area contributed by atoms with E-state index in [0.29, 0.717) is 6.54 Å². The van der Waals surface area contributed by atoms with Gasteiger partial charge in [0.25, 0.3) is 0 Å². The predicted octanol–water partition coefficient (Wildman–Crippen LogP) is 3.01. The standard InChI is InChI=1S/C12H16ClN/c1-10-2-4-11(5-3-10)6-7-12(8-13)9-14/h2-5,8H,6-7,9,14H2,1H3. The molecule has 0 spiro atoms. The van der Waals surface area contributed by atoms with Gasteiger partial charge in [0.15, 0.2) is 0 Å². The third kappa shape index (κ3) is 3.52. The number of aryl methyl sites for hydroxylation is 2. The molecule has 76 valence electrons. The van der Waals surface area contributed by atoms with Crippen LogP contribution in [0.4, 0.5) is 0 Å². The van der Waals surface area contributed by atoms with E-state index in [4.69, 9.17) is 17.3 Å². The van der Waals surface area contributed by atoms with Crippen LogP contribution in [0.15, 0.2) is 35.4 Å². The molecule has 0 aliphatic rings. The van der Waals surface area contributed by atoms with E-state index >= 15 is 0 Å². The van der Waals surface area contributed by atoms with Gasteiger partial charge in [0.1, 0.15) is 0 Å². The Morgan fingerprint density at radius 1 is 1.36 bits per heavy atom. The molecule has 2 N–H and O–H groups in total. The summed E-state index contributed by atoms with van der Waals surface area (Å²) in [5.74, 6) is 0. The molecule has 0 amide bonds. The van der Waals surface area contributed by atoms with Gasteiger partial charge >= 0.3 is 0 Å². The minimum atomic E-state index is 0.551. The zero-order valence-electron chi connectivity index (χ0n) is 8.46. The zero-order chi connectivity index (χ0) is 10.4. The van der Waals surface area contributed by atoms with Crippen molar-refractivity contribution in [2.75, 3.05) is 6.54 Å². The molecule has 2 heteroatoms. The van der Waals surface area contributed by atoms with Crippen LogP contribution in [0, 0.1) is 6.92 Å². The van der Waals surface area contributed by atoms with Crippen molar-refractivity contribution in [2.45, 2.75) is 19.8 Å². The highest BCUT2D eigenvalue weighted by atomic mass is 35.5. The first-order chi connectivity index (χ1) is 6.76. The van der Waals surface area contributed by atoms with Gasteiger partial charge in [0, 0.05) is 12.1 Å². The highest BCUT2D eigenvalue weighted by molar-refractivity contribution is 6.25. The second-order valence-corrected chi connectivity index (χ2v) is 3.68. The van der Waals surface area contributed by atoms with Gasteiger partial charge in [0.2, 0.25) is 0 Å². The molecule has 0 aromatic heterocycles. The smallest absolute Gasteiger partial charge is 0.0148 e. The summed E-state index contributed by atoms with van der Waals surface area (Å²) < 4.78 is 0. The molecule has 0 saturated heterocycles. The van der Waals surface area contributed by atoms with Crippen molar-refractivity contribution in [3.63, 3.8) is 0 Å². The highest BCUT2D eigenvalue weighted by Crippen LogP contribution is 2.10. The van der Waals surface area contributed by atoms with Crippen molar-refractivity contribution in [1.29, 1.82) is 0 Å². The summed E-state index contributed by atoms with van der Waals surface area (Å²) in [4.78, 5) is 0. The van der Waals surface area contributed by atoms with Crippen LogP contribution in [0.1, 0.15) is 17.5 Å². The van der Waals surface area contributed by atoms with E-state index in [1.807, 2.05) is 0 Å². The normalized spacial score (nSPS) is 11.8. The lowest BCUT2D eigenvalue weighted by molar-refractivity contribution is 0.906. The highest BCUT2D eigenvalue weighted by Gasteiger charge is 1.96. The molecule has 1 rings (SSSR count). The first-order valence-corrected chi connectivity index (χ1v) is 5.23. The summed E-state index contributed by atoms with van der Waals surface area (Å²) >= 11 is 5.62. The van der Waals surface area contributed by atoms with E-state index in [1.54, 1.807) is 5.54 Å². The Labute approximate surface area is 90.6 Å². The van der Waals surface area contributed by atoms with E-state index < -0.39 is 0 Å². The van der Waals surface area contributed by atoms with Gasteiger partial charge in [-0.15, -0.1) is 0 Å². The van der Waals surface area contributed by atoms with E-state index in [-0.39, 0.29) is 0 Å². The van der Waals surface area contributed by atoms with Crippen LogP contribution < -0.4 is 5.73 Å². The lowest BCUT2D eigenvalue weighted by Gasteiger charge is -2.03. The fourth-order valence-corrected chi connectivity index (χ4v) is 1.46. The minimum absolute atomic E-state index is 0.551. The zero-order valence-corrected chi connectivity index (χ0v) is 9.22. The molecule has 1 nitrogen and oxygen atoms in total. The predicted molar refractivity (Wildman–Crippen MR) is 62.5 cm³/mol. The van der Waals surface area contributed by atoms with Gasteiger partial charge in [-0.25, -0.2) is 0 Å². The summed E-state index contributed by atoms with van der Waals surface area (Å²) in [6, 6.07) is 8.55. The minimum Gasteiger partial charge on any atom is -0.327 e. The van der Waals surface area contributed by atoms with Crippen molar-refractivity contribution in [2.24, 2.45) is 5.73 Å². The van der Waals surface area contributed by atoms with Crippen LogP contribution in [-0.2, 0) is 6.42 Å². The molecule has 0 aliphatic heterocycles. The average molecular weight is 210 g/mol. The number of benzene rings is 1. The molecule has 1 aromatic rings. The van der Waals surface area contributed by atoms with Gasteiger partial charge in [-0.05, 0) is 30.9 Å². The van der Waals surface area contributed by atoms with Crippen LogP contribution in [0.2, 0.25) is 0 Å². The molecule has 0 heterocycles. The van der Waals surface area contributed by atoms with Crippen LogP contribution in [0.5, 0.6) is 0 Å². The molecule has 0 radical (unpaired) electrons. The number of rotatable bonds is 4. The van der Waals surface area contributed by atoms with Gasteiger partial charge in [-0.3, -0.25) is 0 Å². The van der Waals surface area contributed by atoms with E-state index in [9.17, 15) is 0 Å². The molecule has 14 heavy (non-hydrogen) atoms. The molecule has 0 saturated carbocycles. The maximum atomic E-state index is 5.62. The second kappa shape index (κ2) is 5.84. The molecule has 0 unspecified atom stereocenters. The fraction of sp³-hybridized carbons (Fsp3) is 0.333. The molecular formula is C12H16ClN. The van der Waals surface area contributed by atoms with Crippen molar-refractivity contribution < 1.29 is 0 Å². The third-order valence-electron chi connectivity index (χ3n) is 2.27. The summed E-state index contributed by atoms with van der Waals surface area (Å²) in [5, 5.41) is 0. The number of nitrogens with two attached hydrogens (primary N) is 1. The summed E-state index contributed by atoms with van der Waals surface area (Å²) in [6.07, 6.45) is 1.96. The fourth-order valence-electron chi connectivity index (χ4n) is 1.26. The van der Waals surface area contributed by atoms with Crippen LogP contribution in [0.3, 0.4) is 0 Å². The van der Waals surface area contributed by atoms with Crippen LogP contribution in [-0.4, -0.2) is 6.54 Å². The molecule has 1 aromatic carbocycles. The Morgan fingerprint density at radius 2 is 2.00 bits per heavy atom. The first kappa shape index (κ1) is 11.3. The summed E-state index contributed by atoms with van der Waals surface area (Å²) in [7, 11) is 0. The van der Waals surface area contributed by atoms with Crippen molar-refractivity contribution in [1.82, 2.24) is 0 Å². The Hall–Kier alpha value is -0.790. The van der Waals surface area contributed by atoms with Crippen LogP contribution in [0.25, 0.3) is 0 Å². The Bertz CT molecular complexity index is 301. The van der Waals surface area contributed by atoms with Crippen molar-refractivity contribution in [3.05, 3.63) is 46.5 Å². The van der Waals surface area contributed by atoms with Gasteiger partial charge < -0.3 is 5.73 Å². The molecule has 0 aliphatic carbocycles. The average Bonchev–Trinajstić information content (AvgIpc) is 2.22. The Balaban J connectivity index is 2.49. The molecule has 0 fully saturated rings. The SMILES string of the molecule is Cc1ccc(CCC(=CCl)CN)cc1. The maximum Gasteiger partial charge on any atom is 0.0148 e. The van der Waals surface area contributed by atoms with Gasteiger partial charge in [-0.1, -0.05) is 41.4 Å². The number of hydrogen-bond donors (Lipinski definition) is 1. The number of halogens is 1. The monoisotopic (exact) mass is 209 g/mol. The largest absolute Gasteiger partial charge is 0.327 e. The van der Waals surface area contributed by atoms with Crippen molar-refractivity contribution in [3.8, 4) is 0 Å². The topological polar surface area (TPSA) is 26.0 Å². The summed E-state index contributed by atoms with van der Waals surface area (Å²) in [6.45, 7) is 2.64. The first-order valence-electron chi connectivity index (χ1n) is 4.80. The maximum absolute atomic E-state index is 5.62. The van der Waals surface area contributed by atoms with Crippen molar-refractivity contribution >= 4 is 11.6 Å². The van der Waals surface area contributed by atoms with E-state index in [0.717, 1.165) is 18.4 Å². The number of hydrogen-bond acceptors (Lipinski definition) is 1. The van der Waals surface area contributed by atoms with Gasteiger partial charge in [0.05, 0.1) is 0 Å². The Kier molecular flexibility index (Phi) is 4.71. The quantitative estimate of drug-likeness (QED) is 0.811. The second-order valence-electron chi connectivity index (χ2n) is 3.46. The van der Waals surface area contributed by atoms with E-state index in [2.05, 4.69) is 31.2 Å². The van der Waals surface area contributed by atoms with Crippen LogP contribution >= 0.6 is 11.6 Å². The van der Waals surface area contributed by atoms with Gasteiger partial charge in [-0.2, -0.15) is 0 Å². The molecule has 0 bridgehead atoms. The lowest BCUT2D eigenvalue weighted by atomic mass is 10.0. The molecular weight excluding hydrogens is 194 g/mol. The van der Waals surface area contributed by atoms with E-state index in [1.165, 1.54) is 11.1 Å². The summed E-state index contributed by atoms with van der Waals surface area (Å²) in [5.41, 5.74) is 10.8. The lowest BCUT2D eigenvalue weighted by Crippen LogP contribution is -2.03. The Morgan fingerprint density at radius 3 is 2.50 bits per heavy atom.